The molecule has 2 aromatic rings. The lowest BCUT2D eigenvalue weighted by molar-refractivity contribution is -0.906. The zero-order chi connectivity index (χ0) is 18.4. The number of benzene rings is 1. The number of nitrogens with one attached hydrogen (secondary N) is 2. The highest BCUT2D eigenvalue weighted by Crippen LogP contribution is 2.27. The van der Waals surface area contributed by atoms with Gasteiger partial charge in [0.15, 0.2) is 0 Å². The van der Waals surface area contributed by atoms with E-state index in [2.05, 4.69) is 29.4 Å². The van der Waals surface area contributed by atoms with Crippen molar-refractivity contribution in [3.05, 3.63) is 35.5 Å². The number of morpholine rings is 1. The van der Waals surface area contributed by atoms with Crippen LogP contribution in [0.2, 0.25) is 0 Å². The largest absolute Gasteiger partial charge is 0.462 e. The molecule has 1 aromatic heterocycles. The maximum absolute atomic E-state index is 12.4. The van der Waals surface area contributed by atoms with Crippen LogP contribution >= 0.6 is 0 Å². The minimum Gasteiger partial charge on any atom is -0.462 e. The van der Waals surface area contributed by atoms with E-state index in [0.717, 1.165) is 62.4 Å². The first kappa shape index (κ1) is 18.6. The van der Waals surface area contributed by atoms with Crippen LogP contribution in [0, 0.1) is 0 Å². The minimum absolute atomic E-state index is 0.329. The molecule has 1 aromatic carbocycles. The average Bonchev–Trinajstić information content (AvgIpc) is 2.68. The number of quaternary nitrogens is 1. The second kappa shape index (κ2) is 8.96. The standard InChI is InChI=1S/C20H27N3O3/c1-3-15-5-6-18-16(13-15)19(17(14-22-18)20(24)26-4-2)21-7-8-23-9-11-25-12-10-23/h5-6,13-14H,3-4,7-12H2,1-2H3,(H,21,22)/p+1. The van der Waals surface area contributed by atoms with Gasteiger partial charge in [0.1, 0.15) is 18.7 Å². The molecule has 0 spiro atoms. The number of aromatic nitrogens is 1. The number of rotatable bonds is 7. The van der Waals surface area contributed by atoms with E-state index in [1.54, 1.807) is 6.20 Å². The zero-order valence-electron chi connectivity index (χ0n) is 15.6. The molecule has 0 aliphatic carbocycles. The molecule has 1 aliphatic rings. The van der Waals surface area contributed by atoms with Gasteiger partial charge in [-0.15, -0.1) is 0 Å². The van der Waals surface area contributed by atoms with Gasteiger partial charge in [-0.25, -0.2) is 4.79 Å². The van der Waals surface area contributed by atoms with Crippen molar-refractivity contribution < 1.29 is 19.2 Å². The molecular formula is C20H28N3O3+. The van der Waals surface area contributed by atoms with Crippen LogP contribution in [0.25, 0.3) is 10.9 Å². The number of aryl methyl sites for hydroxylation is 1. The van der Waals surface area contributed by atoms with Crippen molar-refractivity contribution in [2.24, 2.45) is 0 Å². The van der Waals surface area contributed by atoms with E-state index in [4.69, 9.17) is 9.47 Å². The number of hydrogen-bond acceptors (Lipinski definition) is 5. The number of hydrogen-bond donors (Lipinski definition) is 2. The van der Waals surface area contributed by atoms with Crippen LogP contribution in [0.15, 0.2) is 24.4 Å². The van der Waals surface area contributed by atoms with Crippen molar-refractivity contribution in [2.45, 2.75) is 20.3 Å². The fraction of sp³-hybridized carbons (Fsp3) is 0.500. The Morgan fingerprint density at radius 2 is 2.12 bits per heavy atom. The molecule has 1 fully saturated rings. The summed E-state index contributed by atoms with van der Waals surface area (Å²) in [7, 11) is 0. The fourth-order valence-corrected chi connectivity index (χ4v) is 3.29. The molecule has 26 heavy (non-hydrogen) atoms. The first-order valence-electron chi connectivity index (χ1n) is 9.46. The number of esters is 1. The molecule has 0 amide bonds. The first-order valence-corrected chi connectivity index (χ1v) is 9.46. The van der Waals surface area contributed by atoms with Crippen LogP contribution in [-0.2, 0) is 15.9 Å². The summed E-state index contributed by atoms with van der Waals surface area (Å²) in [6.45, 7) is 9.77. The maximum atomic E-state index is 12.4. The fourth-order valence-electron chi connectivity index (χ4n) is 3.29. The molecule has 2 N–H and O–H groups in total. The second-order valence-electron chi connectivity index (χ2n) is 6.51. The van der Waals surface area contributed by atoms with Crippen molar-refractivity contribution in [1.82, 2.24) is 4.98 Å². The third kappa shape index (κ3) is 4.31. The monoisotopic (exact) mass is 358 g/mol. The molecule has 0 bridgehead atoms. The van der Waals surface area contributed by atoms with Gasteiger partial charge in [0.05, 0.1) is 44.1 Å². The molecule has 0 unspecified atom stereocenters. The highest BCUT2D eigenvalue weighted by molar-refractivity contribution is 6.05. The molecule has 0 atom stereocenters. The smallest absolute Gasteiger partial charge is 0.341 e. The summed E-state index contributed by atoms with van der Waals surface area (Å²) in [6, 6.07) is 6.22. The molecule has 6 nitrogen and oxygen atoms in total. The number of nitrogens with zero attached hydrogens (tertiary/aromatic N) is 1. The zero-order valence-corrected chi connectivity index (χ0v) is 15.6. The van der Waals surface area contributed by atoms with Crippen LogP contribution in [-0.4, -0.2) is 57.0 Å². The molecule has 3 rings (SSSR count). The van der Waals surface area contributed by atoms with Gasteiger partial charge >= 0.3 is 5.97 Å². The number of carbonyl (C=O) groups excluding carboxylic acids is 1. The Balaban J connectivity index is 1.87. The Hall–Kier alpha value is -2.18. The molecule has 2 heterocycles. The molecule has 0 saturated carbocycles. The van der Waals surface area contributed by atoms with Gasteiger partial charge in [0.25, 0.3) is 0 Å². The summed E-state index contributed by atoms with van der Waals surface area (Å²) in [5.41, 5.74) is 3.44. The Morgan fingerprint density at radius 1 is 1.31 bits per heavy atom. The summed E-state index contributed by atoms with van der Waals surface area (Å²) < 4.78 is 10.6. The van der Waals surface area contributed by atoms with E-state index < -0.39 is 0 Å². The number of ether oxygens (including phenoxy) is 2. The molecular weight excluding hydrogens is 330 g/mol. The Bertz CT molecular complexity index is 757. The van der Waals surface area contributed by atoms with Gasteiger partial charge in [-0.1, -0.05) is 13.0 Å². The summed E-state index contributed by atoms with van der Waals surface area (Å²) >= 11 is 0. The highest BCUT2D eigenvalue weighted by Gasteiger charge is 2.18. The minimum atomic E-state index is -0.329. The molecule has 0 radical (unpaired) electrons. The van der Waals surface area contributed by atoms with Gasteiger partial charge in [-0.2, -0.15) is 0 Å². The third-order valence-corrected chi connectivity index (χ3v) is 4.82. The van der Waals surface area contributed by atoms with Gasteiger partial charge in [-0.3, -0.25) is 4.98 Å². The van der Waals surface area contributed by atoms with E-state index in [0.29, 0.717) is 12.2 Å². The lowest BCUT2D eigenvalue weighted by Crippen LogP contribution is -3.14. The van der Waals surface area contributed by atoms with Crippen molar-refractivity contribution in [1.29, 1.82) is 0 Å². The Labute approximate surface area is 154 Å². The van der Waals surface area contributed by atoms with E-state index >= 15 is 0 Å². The molecule has 1 aliphatic heterocycles. The number of carbonyl (C=O) groups is 1. The second-order valence-corrected chi connectivity index (χ2v) is 6.51. The summed E-state index contributed by atoms with van der Waals surface area (Å²) in [5.74, 6) is -0.329. The maximum Gasteiger partial charge on any atom is 0.341 e. The van der Waals surface area contributed by atoms with Gasteiger partial charge in [0.2, 0.25) is 0 Å². The Kier molecular flexibility index (Phi) is 6.41. The quantitative estimate of drug-likeness (QED) is 0.731. The van der Waals surface area contributed by atoms with Gasteiger partial charge < -0.3 is 19.7 Å². The Morgan fingerprint density at radius 3 is 2.85 bits per heavy atom. The molecule has 6 heteroatoms. The van der Waals surface area contributed by atoms with Crippen LogP contribution in [0.4, 0.5) is 5.69 Å². The SMILES string of the molecule is CCOC(=O)c1cnc2ccc(CC)cc2c1NCC[NH+]1CCOCC1. The predicted molar refractivity (Wildman–Crippen MR) is 102 cm³/mol. The van der Waals surface area contributed by atoms with Crippen LogP contribution in [0.5, 0.6) is 0 Å². The molecule has 1 saturated heterocycles. The van der Waals surface area contributed by atoms with Crippen LogP contribution in [0.1, 0.15) is 29.8 Å². The van der Waals surface area contributed by atoms with Gasteiger partial charge in [-0.05, 0) is 31.0 Å². The topological polar surface area (TPSA) is 64.9 Å². The molecule has 140 valence electrons. The average molecular weight is 358 g/mol. The van der Waals surface area contributed by atoms with Gasteiger partial charge in [0, 0.05) is 11.6 Å². The van der Waals surface area contributed by atoms with Crippen molar-refractivity contribution >= 4 is 22.6 Å². The predicted octanol–water partition coefficient (Wildman–Crippen LogP) is 1.30. The number of pyridine rings is 1. The van der Waals surface area contributed by atoms with E-state index in [-0.39, 0.29) is 5.97 Å². The van der Waals surface area contributed by atoms with E-state index in [1.165, 1.54) is 10.5 Å². The van der Waals surface area contributed by atoms with Crippen molar-refractivity contribution in [3.8, 4) is 0 Å². The normalized spacial score (nSPS) is 15.2. The number of anilines is 1. The highest BCUT2D eigenvalue weighted by atomic mass is 16.5. The van der Waals surface area contributed by atoms with Crippen LogP contribution < -0.4 is 10.2 Å². The van der Waals surface area contributed by atoms with E-state index in [1.807, 2.05) is 13.0 Å². The lowest BCUT2D eigenvalue weighted by atomic mass is 10.0. The van der Waals surface area contributed by atoms with E-state index in [9.17, 15) is 4.79 Å². The summed E-state index contributed by atoms with van der Waals surface area (Å²) in [6.07, 6.45) is 2.56. The lowest BCUT2D eigenvalue weighted by Gasteiger charge is -2.24. The van der Waals surface area contributed by atoms with Crippen molar-refractivity contribution in [2.75, 3.05) is 51.3 Å². The first-order chi connectivity index (χ1) is 12.7. The summed E-state index contributed by atoms with van der Waals surface area (Å²) in [5, 5.41) is 4.47. The summed E-state index contributed by atoms with van der Waals surface area (Å²) in [4.78, 5) is 18.4. The van der Waals surface area contributed by atoms with Crippen molar-refractivity contribution in [3.63, 3.8) is 0 Å². The third-order valence-electron chi connectivity index (χ3n) is 4.82. The number of fused-ring (bicyclic) bond motifs is 1. The van der Waals surface area contributed by atoms with Crippen LogP contribution in [0.3, 0.4) is 0 Å².